The number of nitrogens with zero attached hydrogens (tertiary/aromatic N) is 2. The van der Waals surface area contributed by atoms with E-state index in [1.54, 1.807) is 12.3 Å². The highest BCUT2D eigenvalue weighted by atomic mass is 16.2. The summed E-state index contributed by atoms with van der Waals surface area (Å²) in [5.74, 6) is 0. The van der Waals surface area contributed by atoms with Crippen molar-refractivity contribution in [2.75, 3.05) is 5.32 Å². The van der Waals surface area contributed by atoms with Gasteiger partial charge in [0, 0.05) is 35.7 Å². The van der Waals surface area contributed by atoms with E-state index in [-0.39, 0.29) is 6.03 Å². The van der Waals surface area contributed by atoms with Gasteiger partial charge in [-0.3, -0.25) is 9.97 Å². The van der Waals surface area contributed by atoms with E-state index in [0.29, 0.717) is 17.2 Å². The number of urea groups is 1. The molecule has 3 aromatic heterocycles. The van der Waals surface area contributed by atoms with Gasteiger partial charge in [0.05, 0.1) is 11.2 Å². The molecule has 0 atom stereocenters. The van der Waals surface area contributed by atoms with Crippen LogP contribution in [0.4, 0.5) is 10.5 Å². The summed E-state index contributed by atoms with van der Waals surface area (Å²) in [6, 6.07) is 12.2. The third-order valence-corrected chi connectivity index (χ3v) is 4.62. The zero-order chi connectivity index (χ0) is 17.5. The van der Waals surface area contributed by atoms with Gasteiger partial charge in [-0.2, -0.15) is 0 Å². The van der Waals surface area contributed by atoms with Gasteiger partial charge in [0.2, 0.25) is 0 Å². The van der Waals surface area contributed by atoms with Crippen LogP contribution < -0.4 is 10.6 Å². The van der Waals surface area contributed by atoms with E-state index >= 15 is 0 Å². The molecule has 128 valence electrons. The smallest absolute Gasteiger partial charge is 0.319 e. The van der Waals surface area contributed by atoms with Crippen LogP contribution in [-0.2, 0) is 0 Å². The van der Waals surface area contributed by atoms with E-state index in [1.807, 2.05) is 24.5 Å². The Morgan fingerprint density at radius 2 is 2.00 bits per heavy atom. The number of carbonyl (C=O) groups excluding carboxylic acids is 1. The SMILES string of the molecule is O=C(Nc1ccnc2cc(-c3ccc4[nH]ccc4c3)cnc12)NC1CC1. The van der Waals surface area contributed by atoms with Crippen LogP contribution in [0.1, 0.15) is 12.8 Å². The van der Waals surface area contributed by atoms with E-state index in [0.717, 1.165) is 40.4 Å². The van der Waals surface area contributed by atoms with Crippen LogP contribution >= 0.6 is 0 Å². The minimum Gasteiger partial charge on any atom is -0.361 e. The molecule has 0 bridgehead atoms. The number of nitrogens with one attached hydrogen (secondary N) is 3. The lowest BCUT2D eigenvalue weighted by atomic mass is 10.1. The first-order valence-corrected chi connectivity index (χ1v) is 8.66. The fourth-order valence-corrected chi connectivity index (χ4v) is 3.09. The van der Waals surface area contributed by atoms with Gasteiger partial charge < -0.3 is 15.6 Å². The van der Waals surface area contributed by atoms with Gasteiger partial charge in [0.15, 0.2) is 0 Å². The Balaban J connectivity index is 1.50. The number of hydrogen-bond donors (Lipinski definition) is 3. The summed E-state index contributed by atoms with van der Waals surface area (Å²) in [7, 11) is 0. The first-order chi connectivity index (χ1) is 12.8. The number of anilines is 1. The largest absolute Gasteiger partial charge is 0.361 e. The summed E-state index contributed by atoms with van der Waals surface area (Å²) in [5, 5.41) is 6.95. The molecule has 0 unspecified atom stereocenters. The van der Waals surface area contributed by atoms with Crippen LogP contribution in [0.5, 0.6) is 0 Å². The first kappa shape index (κ1) is 14.9. The molecule has 1 fully saturated rings. The van der Waals surface area contributed by atoms with Crippen molar-refractivity contribution >= 4 is 33.7 Å². The fourth-order valence-electron chi connectivity index (χ4n) is 3.09. The fraction of sp³-hybridized carbons (Fsp3) is 0.150. The van der Waals surface area contributed by atoms with Crippen LogP contribution in [-0.4, -0.2) is 27.0 Å². The van der Waals surface area contributed by atoms with Crippen molar-refractivity contribution in [3.8, 4) is 11.1 Å². The molecule has 3 N–H and O–H groups in total. The van der Waals surface area contributed by atoms with Gasteiger partial charge >= 0.3 is 6.03 Å². The van der Waals surface area contributed by atoms with Crippen molar-refractivity contribution in [3.05, 3.63) is 55.0 Å². The summed E-state index contributed by atoms with van der Waals surface area (Å²) < 4.78 is 0. The summed E-state index contributed by atoms with van der Waals surface area (Å²) in [6.45, 7) is 0. The highest BCUT2D eigenvalue weighted by Gasteiger charge is 2.23. The van der Waals surface area contributed by atoms with E-state index in [4.69, 9.17) is 0 Å². The molecule has 1 aliphatic rings. The predicted octanol–water partition coefficient (Wildman–Crippen LogP) is 4.06. The summed E-state index contributed by atoms with van der Waals surface area (Å²) >= 11 is 0. The molecule has 26 heavy (non-hydrogen) atoms. The molecular weight excluding hydrogens is 326 g/mol. The van der Waals surface area contributed by atoms with Crippen LogP contribution in [0.25, 0.3) is 33.1 Å². The molecule has 4 aromatic rings. The standard InChI is InChI=1S/C20H17N5O/c26-20(24-15-2-3-15)25-17-6-8-22-18-10-14(11-23-19(17)18)12-1-4-16-13(9-12)5-7-21-16/h1,4-11,15,21H,2-3H2,(H2,22,24,25,26). The Morgan fingerprint density at radius 3 is 2.88 bits per heavy atom. The number of aromatic amines is 1. The number of carbonyl (C=O) groups is 1. The van der Waals surface area contributed by atoms with Crippen LogP contribution in [0.2, 0.25) is 0 Å². The summed E-state index contributed by atoms with van der Waals surface area (Å²) in [6.07, 6.45) is 7.55. The van der Waals surface area contributed by atoms with Gasteiger partial charge in [0.25, 0.3) is 0 Å². The van der Waals surface area contributed by atoms with Crippen molar-refractivity contribution in [2.24, 2.45) is 0 Å². The molecule has 5 rings (SSSR count). The second-order valence-electron chi connectivity index (χ2n) is 6.60. The maximum absolute atomic E-state index is 12.0. The van der Waals surface area contributed by atoms with Crippen LogP contribution in [0.3, 0.4) is 0 Å². The van der Waals surface area contributed by atoms with Gasteiger partial charge in [-0.05, 0) is 54.1 Å². The Bertz CT molecular complexity index is 1130. The molecule has 6 heteroatoms. The second-order valence-corrected chi connectivity index (χ2v) is 6.60. The Kier molecular flexibility index (Phi) is 3.35. The molecule has 1 saturated carbocycles. The lowest BCUT2D eigenvalue weighted by molar-refractivity contribution is 0.251. The molecular formula is C20H17N5O. The van der Waals surface area contributed by atoms with Gasteiger partial charge in [-0.1, -0.05) is 6.07 Å². The van der Waals surface area contributed by atoms with Crippen molar-refractivity contribution in [2.45, 2.75) is 18.9 Å². The number of hydrogen-bond acceptors (Lipinski definition) is 3. The predicted molar refractivity (Wildman–Crippen MR) is 102 cm³/mol. The monoisotopic (exact) mass is 343 g/mol. The van der Waals surface area contributed by atoms with Gasteiger partial charge in [0.1, 0.15) is 5.52 Å². The molecule has 0 saturated heterocycles. The van der Waals surface area contributed by atoms with Crippen LogP contribution in [0.15, 0.2) is 55.0 Å². The lowest BCUT2D eigenvalue weighted by Crippen LogP contribution is -2.30. The molecule has 3 heterocycles. The minimum absolute atomic E-state index is 0.191. The van der Waals surface area contributed by atoms with E-state index in [1.165, 1.54) is 0 Å². The molecule has 0 aliphatic heterocycles. The maximum Gasteiger partial charge on any atom is 0.319 e. The average molecular weight is 343 g/mol. The molecule has 1 aromatic carbocycles. The number of pyridine rings is 2. The number of H-pyrrole nitrogens is 1. The molecule has 0 spiro atoms. The van der Waals surface area contributed by atoms with Gasteiger partial charge in [-0.15, -0.1) is 0 Å². The highest BCUT2D eigenvalue weighted by molar-refractivity contribution is 5.99. The average Bonchev–Trinajstić information content (AvgIpc) is 3.33. The lowest BCUT2D eigenvalue weighted by Gasteiger charge is -2.09. The zero-order valence-electron chi connectivity index (χ0n) is 14.0. The molecule has 0 radical (unpaired) electrons. The number of amides is 2. The topological polar surface area (TPSA) is 82.7 Å². The zero-order valence-corrected chi connectivity index (χ0v) is 14.0. The molecule has 2 amide bonds. The minimum atomic E-state index is -0.191. The number of benzene rings is 1. The van der Waals surface area contributed by atoms with Gasteiger partial charge in [-0.25, -0.2) is 4.79 Å². The third-order valence-electron chi connectivity index (χ3n) is 4.62. The Morgan fingerprint density at radius 1 is 1.08 bits per heavy atom. The van der Waals surface area contributed by atoms with E-state index in [2.05, 4.69) is 43.8 Å². The van der Waals surface area contributed by atoms with E-state index in [9.17, 15) is 4.79 Å². The van der Waals surface area contributed by atoms with Crippen molar-refractivity contribution in [1.29, 1.82) is 0 Å². The number of rotatable bonds is 3. The van der Waals surface area contributed by atoms with Crippen molar-refractivity contribution in [1.82, 2.24) is 20.3 Å². The summed E-state index contributed by atoms with van der Waals surface area (Å²) in [4.78, 5) is 24.2. The number of aromatic nitrogens is 3. The van der Waals surface area contributed by atoms with E-state index < -0.39 is 0 Å². The third kappa shape index (κ3) is 2.75. The normalized spacial score (nSPS) is 13.8. The Labute approximate surface area is 149 Å². The Hall–Kier alpha value is -3.41. The molecule has 1 aliphatic carbocycles. The van der Waals surface area contributed by atoms with Crippen LogP contribution in [0, 0.1) is 0 Å². The first-order valence-electron chi connectivity index (χ1n) is 8.66. The van der Waals surface area contributed by atoms with Crippen molar-refractivity contribution < 1.29 is 4.79 Å². The summed E-state index contributed by atoms with van der Waals surface area (Å²) in [5.41, 5.74) is 5.28. The molecule has 6 nitrogen and oxygen atoms in total. The highest BCUT2D eigenvalue weighted by Crippen LogP contribution is 2.27. The quantitative estimate of drug-likeness (QED) is 0.524. The van der Waals surface area contributed by atoms with Crippen molar-refractivity contribution in [3.63, 3.8) is 0 Å². The number of fused-ring (bicyclic) bond motifs is 2. The second kappa shape index (κ2) is 5.84. The maximum atomic E-state index is 12.0.